The fraction of sp³-hybridized carbons (Fsp3) is 0.231. The van der Waals surface area contributed by atoms with E-state index in [2.05, 4.69) is 5.32 Å². The fourth-order valence-corrected chi connectivity index (χ4v) is 6.36. The minimum absolute atomic E-state index is 0.0537. The van der Waals surface area contributed by atoms with Crippen molar-refractivity contribution in [3.63, 3.8) is 0 Å². The van der Waals surface area contributed by atoms with Gasteiger partial charge in [0.2, 0.25) is 5.91 Å². The normalized spacial score (nSPS) is 12.9. The van der Waals surface area contributed by atoms with Gasteiger partial charge >= 0.3 is 0 Å². The van der Waals surface area contributed by atoms with Gasteiger partial charge in [0.05, 0.1) is 23.2 Å². The van der Waals surface area contributed by atoms with E-state index in [1.807, 2.05) is 48.5 Å². The molecule has 0 saturated heterocycles. The predicted molar refractivity (Wildman–Crippen MR) is 137 cm³/mol. The molecule has 34 heavy (non-hydrogen) atoms. The van der Waals surface area contributed by atoms with Gasteiger partial charge in [-0.25, -0.2) is 4.98 Å². The number of anilines is 1. The van der Waals surface area contributed by atoms with Crippen LogP contribution in [0.2, 0.25) is 0 Å². The van der Waals surface area contributed by atoms with Crippen molar-refractivity contribution in [2.45, 2.75) is 37.3 Å². The molecule has 0 bridgehead atoms. The van der Waals surface area contributed by atoms with Crippen molar-refractivity contribution >= 4 is 50.7 Å². The number of rotatable bonds is 7. The third-order valence-corrected chi connectivity index (χ3v) is 7.93. The van der Waals surface area contributed by atoms with Crippen molar-refractivity contribution < 1.29 is 9.59 Å². The Hall–Kier alpha value is -3.23. The smallest absolute Gasteiger partial charge is 0.267 e. The number of carbonyl (C=O) groups is 2. The SMILES string of the molecule is O=C(CSc1nc2sc3c(c2c(=O)n1-c1ccccc1)CCCC3)CC(=O)Nc1ccccc1. The summed E-state index contributed by atoms with van der Waals surface area (Å²) < 4.78 is 1.60. The van der Waals surface area contributed by atoms with E-state index in [1.54, 1.807) is 28.0 Å². The predicted octanol–water partition coefficient (Wildman–Crippen LogP) is 5.02. The van der Waals surface area contributed by atoms with Gasteiger partial charge < -0.3 is 5.32 Å². The van der Waals surface area contributed by atoms with Crippen LogP contribution >= 0.6 is 23.1 Å². The molecule has 0 radical (unpaired) electrons. The Morgan fingerprint density at radius 3 is 2.47 bits per heavy atom. The highest BCUT2D eigenvalue weighted by Gasteiger charge is 2.23. The Morgan fingerprint density at radius 2 is 1.71 bits per heavy atom. The number of thioether (sulfide) groups is 1. The van der Waals surface area contributed by atoms with Gasteiger partial charge in [0, 0.05) is 10.6 Å². The van der Waals surface area contributed by atoms with Crippen LogP contribution in [0, 0.1) is 0 Å². The number of para-hydroxylation sites is 2. The van der Waals surface area contributed by atoms with Crippen LogP contribution in [0.15, 0.2) is 70.6 Å². The molecule has 4 aromatic rings. The number of nitrogens with one attached hydrogen (secondary N) is 1. The van der Waals surface area contributed by atoms with E-state index in [0.717, 1.165) is 41.8 Å². The molecule has 0 unspecified atom stereocenters. The van der Waals surface area contributed by atoms with Crippen molar-refractivity contribution in [3.05, 3.63) is 81.5 Å². The highest BCUT2D eigenvalue weighted by Crippen LogP contribution is 2.35. The summed E-state index contributed by atoms with van der Waals surface area (Å²) in [5.41, 5.74) is 2.42. The van der Waals surface area contributed by atoms with Gasteiger partial charge in [-0.1, -0.05) is 48.2 Å². The van der Waals surface area contributed by atoms with E-state index < -0.39 is 0 Å². The summed E-state index contributed by atoms with van der Waals surface area (Å²) >= 11 is 2.79. The summed E-state index contributed by atoms with van der Waals surface area (Å²) in [6, 6.07) is 18.4. The molecule has 0 spiro atoms. The summed E-state index contributed by atoms with van der Waals surface area (Å²) in [5.74, 6) is -0.526. The second kappa shape index (κ2) is 9.95. The van der Waals surface area contributed by atoms with Crippen LogP contribution in [0.1, 0.15) is 29.7 Å². The molecule has 2 aromatic carbocycles. The lowest BCUT2D eigenvalue weighted by atomic mass is 9.97. The van der Waals surface area contributed by atoms with Crippen molar-refractivity contribution in [2.24, 2.45) is 0 Å². The maximum atomic E-state index is 13.7. The van der Waals surface area contributed by atoms with Crippen LogP contribution in [0.5, 0.6) is 0 Å². The maximum Gasteiger partial charge on any atom is 0.267 e. The van der Waals surface area contributed by atoms with Crippen molar-refractivity contribution in [1.29, 1.82) is 0 Å². The molecule has 172 valence electrons. The zero-order chi connectivity index (χ0) is 23.5. The monoisotopic (exact) mass is 489 g/mol. The molecule has 2 heterocycles. The first-order valence-electron chi connectivity index (χ1n) is 11.2. The van der Waals surface area contributed by atoms with Crippen molar-refractivity contribution in [1.82, 2.24) is 9.55 Å². The fourth-order valence-electron chi connectivity index (χ4n) is 4.19. The first-order valence-corrected chi connectivity index (χ1v) is 13.0. The lowest BCUT2D eigenvalue weighted by Crippen LogP contribution is -2.23. The highest BCUT2D eigenvalue weighted by molar-refractivity contribution is 7.99. The van der Waals surface area contributed by atoms with Gasteiger partial charge in [-0.15, -0.1) is 11.3 Å². The van der Waals surface area contributed by atoms with E-state index in [1.165, 1.54) is 16.6 Å². The average molecular weight is 490 g/mol. The van der Waals surface area contributed by atoms with Gasteiger partial charge in [0.1, 0.15) is 4.83 Å². The Labute approximate surface area is 205 Å². The third kappa shape index (κ3) is 4.69. The van der Waals surface area contributed by atoms with E-state index in [-0.39, 0.29) is 29.4 Å². The summed E-state index contributed by atoms with van der Waals surface area (Å²) in [7, 11) is 0. The van der Waals surface area contributed by atoms with E-state index in [9.17, 15) is 14.4 Å². The van der Waals surface area contributed by atoms with Crippen LogP contribution in [-0.2, 0) is 22.4 Å². The van der Waals surface area contributed by atoms with Gasteiger partial charge in [0.25, 0.3) is 5.56 Å². The lowest BCUT2D eigenvalue weighted by molar-refractivity contribution is -0.123. The molecular weight excluding hydrogens is 466 g/mol. The molecule has 5 rings (SSSR count). The molecule has 0 fully saturated rings. The van der Waals surface area contributed by atoms with E-state index in [0.29, 0.717) is 16.2 Å². The third-order valence-electron chi connectivity index (χ3n) is 5.75. The Balaban J connectivity index is 1.41. The Bertz CT molecular complexity index is 1410. The first-order chi connectivity index (χ1) is 16.6. The minimum Gasteiger partial charge on any atom is -0.326 e. The number of fused-ring (bicyclic) bond motifs is 3. The number of amides is 1. The molecule has 0 saturated carbocycles. The topological polar surface area (TPSA) is 81.1 Å². The zero-order valence-electron chi connectivity index (χ0n) is 18.5. The van der Waals surface area contributed by atoms with Crippen LogP contribution in [0.4, 0.5) is 5.69 Å². The lowest BCUT2D eigenvalue weighted by Gasteiger charge is -2.13. The van der Waals surface area contributed by atoms with Gasteiger partial charge in [0.15, 0.2) is 10.9 Å². The van der Waals surface area contributed by atoms with Crippen molar-refractivity contribution in [3.8, 4) is 5.69 Å². The molecular formula is C26H23N3O3S2. The summed E-state index contributed by atoms with van der Waals surface area (Å²) in [6.45, 7) is 0. The van der Waals surface area contributed by atoms with Gasteiger partial charge in [-0.2, -0.15) is 0 Å². The van der Waals surface area contributed by atoms with E-state index in [4.69, 9.17) is 4.98 Å². The minimum atomic E-state index is -0.355. The van der Waals surface area contributed by atoms with Crippen molar-refractivity contribution in [2.75, 3.05) is 11.1 Å². The molecule has 8 heteroatoms. The first kappa shape index (κ1) is 22.6. The molecule has 1 N–H and O–H groups in total. The Kier molecular flexibility index (Phi) is 6.60. The molecule has 6 nitrogen and oxygen atoms in total. The van der Waals surface area contributed by atoms with Crippen LogP contribution < -0.4 is 10.9 Å². The number of hydrogen-bond acceptors (Lipinski definition) is 6. The summed E-state index contributed by atoms with van der Waals surface area (Å²) in [4.78, 5) is 45.3. The van der Waals surface area contributed by atoms with E-state index >= 15 is 0 Å². The number of thiophene rings is 1. The van der Waals surface area contributed by atoms with Crippen LogP contribution in [0.25, 0.3) is 15.9 Å². The number of Topliss-reactive ketones (excluding diaryl/α,β-unsaturated/α-hetero) is 1. The number of nitrogens with zero attached hydrogens (tertiary/aromatic N) is 2. The quantitative estimate of drug-likeness (QED) is 0.224. The Morgan fingerprint density at radius 1 is 1.00 bits per heavy atom. The average Bonchev–Trinajstić information content (AvgIpc) is 3.22. The van der Waals surface area contributed by atoms with Gasteiger partial charge in [-0.05, 0) is 55.5 Å². The number of hydrogen-bond donors (Lipinski definition) is 1. The number of aromatic nitrogens is 2. The molecule has 0 aliphatic heterocycles. The molecule has 1 aliphatic carbocycles. The van der Waals surface area contributed by atoms with Crippen LogP contribution in [-0.4, -0.2) is 27.0 Å². The standard InChI is InChI=1S/C26H23N3O3S2/c30-19(15-22(31)27-17-9-3-1-4-10-17)16-33-26-28-24-23(20-13-7-8-14-21(20)34-24)25(32)29(26)18-11-5-2-6-12-18/h1-6,9-12H,7-8,13-16H2,(H,27,31). The molecule has 1 aliphatic rings. The largest absolute Gasteiger partial charge is 0.326 e. The highest BCUT2D eigenvalue weighted by atomic mass is 32.2. The molecule has 2 aromatic heterocycles. The van der Waals surface area contributed by atoms with Gasteiger partial charge in [-0.3, -0.25) is 19.0 Å². The number of benzene rings is 2. The second-order valence-electron chi connectivity index (χ2n) is 8.18. The number of ketones is 1. The summed E-state index contributed by atoms with van der Waals surface area (Å²) in [6.07, 6.45) is 3.88. The number of aryl methyl sites for hydroxylation is 2. The summed E-state index contributed by atoms with van der Waals surface area (Å²) in [5, 5.41) is 3.91. The van der Waals surface area contributed by atoms with Crippen LogP contribution in [0.3, 0.4) is 0 Å². The maximum absolute atomic E-state index is 13.7. The zero-order valence-corrected chi connectivity index (χ0v) is 20.1. The second-order valence-corrected chi connectivity index (χ2v) is 10.2. The molecule has 0 atom stereocenters. The molecule has 1 amide bonds. The number of carbonyl (C=O) groups excluding carboxylic acids is 2.